The van der Waals surface area contributed by atoms with E-state index < -0.39 is 0 Å². The van der Waals surface area contributed by atoms with Crippen molar-refractivity contribution < 1.29 is 14.3 Å². The number of carbonyl (C=O) groups is 2. The molecule has 0 saturated heterocycles. The van der Waals surface area contributed by atoms with Crippen LogP contribution in [0.25, 0.3) is 0 Å². The molecule has 2 amide bonds. The van der Waals surface area contributed by atoms with Gasteiger partial charge in [-0.2, -0.15) is 0 Å². The lowest BCUT2D eigenvalue weighted by Gasteiger charge is -2.08. The van der Waals surface area contributed by atoms with Crippen LogP contribution in [0.15, 0.2) is 24.3 Å². The van der Waals surface area contributed by atoms with Gasteiger partial charge in [0, 0.05) is 31.5 Å². The van der Waals surface area contributed by atoms with Crippen LogP contribution in [0.2, 0.25) is 0 Å². The first-order valence-corrected chi connectivity index (χ1v) is 6.55. The van der Waals surface area contributed by atoms with Gasteiger partial charge in [0.15, 0.2) is 0 Å². The molecule has 6 heteroatoms. The van der Waals surface area contributed by atoms with Crippen LogP contribution < -0.4 is 16.0 Å². The topological polar surface area (TPSA) is 79.5 Å². The van der Waals surface area contributed by atoms with E-state index in [1.807, 2.05) is 12.1 Å². The van der Waals surface area contributed by atoms with E-state index in [-0.39, 0.29) is 18.4 Å². The first-order chi connectivity index (χ1) is 9.65. The SMILES string of the molecule is CCC(=O)Nc1ccc(NCC(=O)NCCOC)cc1. The van der Waals surface area contributed by atoms with Gasteiger partial charge in [0.05, 0.1) is 13.2 Å². The molecule has 0 spiro atoms. The average molecular weight is 279 g/mol. The van der Waals surface area contributed by atoms with Crippen LogP contribution >= 0.6 is 0 Å². The van der Waals surface area contributed by atoms with E-state index in [0.29, 0.717) is 19.6 Å². The van der Waals surface area contributed by atoms with E-state index in [1.165, 1.54) is 0 Å². The molecule has 1 aromatic carbocycles. The standard InChI is InChI=1S/C14H21N3O3/c1-3-13(18)17-12-6-4-11(5-7-12)16-10-14(19)15-8-9-20-2/h4-7,16H,3,8-10H2,1-2H3,(H,15,19)(H,17,18). The summed E-state index contributed by atoms with van der Waals surface area (Å²) >= 11 is 0. The number of rotatable bonds is 8. The van der Waals surface area contributed by atoms with Gasteiger partial charge in [0.25, 0.3) is 0 Å². The number of methoxy groups -OCH3 is 1. The molecule has 0 atom stereocenters. The maximum atomic E-state index is 11.5. The molecule has 0 aliphatic rings. The Morgan fingerprint density at radius 2 is 1.75 bits per heavy atom. The van der Waals surface area contributed by atoms with E-state index in [1.54, 1.807) is 26.2 Å². The maximum Gasteiger partial charge on any atom is 0.239 e. The minimum atomic E-state index is -0.0922. The normalized spacial score (nSPS) is 9.90. The van der Waals surface area contributed by atoms with Gasteiger partial charge in [-0.1, -0.05) is 6.92 Å². The third-order valence-electron chi connectivity index (χ3n) is 2.57. The fourth-order valence-electron chi connectivity index (χ4n) is 1.46. The summed E-state index contributed by atoms with van der Waals surface area (Å²) in [5.41, 5.74) is 1.56. The van der Waals surface area contributed by atoms with E-state index in [4.69, 9.17) is 4.74 Å². The van der Waals surface area contributed by atoms with Crippen molar-refractivity contribution in [2.24, 2.45) is 0 Å². The molecule has 0 heterocycles. The van der Waals surface area contributed by atoms with Gasteiger partial charge in [0.1, 0.15) is 0 Å². The minimum absolute atomic E-state index is 0.0248. The summed E-state index contributed by atoms with van der Waals surface area (Å²) in [4.78, 5) is 22.7. The number of ether oxygens (including phenoxy) is 1. The lowest BCUT2D eigenvalue weighted by Crippen LogP contribution is -2.32. The van der Waals surface area contributed by atoms with Crippen LogP contribution in [0, 0.1) is 0 Å². The molecule has 0 unspecified atom stereocenters. The van der Waals surface area contributed by atoms with Gasteiger partial charge in [-0.15, -0.1) is 0 Å². The highest BCUT2D eigenvalue weighted by molar-refractivity contribution is 5.90. The number of nitrogens with one attached hydrogen (secondary N) is 3. The number of carbonyl (C=O) groups excluding carboxylic acids is 2. The summed E-state index contributed by atoms with van der Waals surface area (Å²) in [5.74, 6) is -0.117. The first kappa shape index (κ1) is 16.0. The highest BCUT2D eigenvalue weighted by Gasteiger charge is 2.01. The van der Waals surface area contributed by atoms with Crippen molar-refractivity contribution in [2.45, 2.75) is 13.3 Å². The lowest BCUT2D eigenvalue weighted by atomic mass is 10.2. The van der Waals surface area contributed by atoms with Crippen molar-refractivity contribution in [3.05, 3.63) is 24.3 Å². The van der Waals surface area contributed by atoms with Crippen molar-refractivity contribution in [3.63, 3.8) is 0 Å². The van der Waals surface area contributed by atoms with Gasteiger partial charge in [-0.25, -0.2) is 0 Å². The van der Waals surface area contributed by atoms with Crippen LogP contribution in [0.3, 0.4) is 0 Å². The van der Waals surface area contributed by atoms with E-state index in [0.717, 1.165) is 11.4 Å². The van der Waals surface area contributed by atoms with Crippen LogP contribution in [-0.4, -0.2) is 38.6 Å². The highest BCUT2D eigenvalue weighted by atomic mass is 16.5. The van der Waals surface area contributed by atoms with Crippen LogP contribution in [0.5, 0.6) is 0 Å². The Balaban J connectivity index is 2.34. The van der Waals surface area contributed by atoms with Crippen LogP contribution in [-0.2, 0) is 14.3 Å². The summed E-state index contributed by atoms with van der Waals surface area (Å²) in [6.07, 6.45) is 0.446. The molecule has 0 radical (unpaired) electrons. The zero-order valence-electron chi connectivity index (χ0n) is 11.9. The number of hydrogen-bond acceptors (Lipinski definition) is 4. The monoisotopic (exact) mass is 279 g/mol. The first-order valence-electron chi connectivity index (χ1n) is 6.55. The second kappa shape index (κ2) is 8.92. The molecule has 110 valence electrons. The zero-order valence-corrected chi connectivity index (χ0v) is 11.9. The summed E-state index contributed by atoms with van der Waals surface area (Å²) in [6.45, 7) is 2.99. The maximum absolute atomic E-state index is 11.5. The molecule has 0 saturated carbocycles. The Bertz CT molecular complexity index is 432. The van der Waals surface area contributed by atoms with E-state index in [9.17, 15) is 9.59 Å². The summed E-state index contributed by atoms with van der Waals surface area (Å²) in [5, 5.41) is 8.47. The predicted octanol–water partition coefficient (Wildman–Crippen LogP) is 1.21. The molecule has 0 aromatic heterocycles. The molecule has 1 aromatic rings. The zero-order chi connectivity index (χ0) is 14.8. The Kier molecular flexibility index (Phi) is 7.13. The number of benzene rings is 1. The van der Waals surface area contributed by atoms with Crippen molar-refractivity contribution in [1.29, 1.82) is 0 Å². The van der Waals surface area contributed by atoms with Crippen molar-refractivity contribution >= 4 is 23.2 Å². The second-order valence-electron chi connectivity index (χ2n) is 4.18. The highest BCUT2D eigenvalue weighted by Crippen LogP contribution is 2.13. The third kappa shape index (κ3) is 6.19. The molecule has 0 bridgehead atoms. The Hall–Kier alpha value is -2.08. The van der Waals surface area contributed by atoms with Gasteiger partial charge >= 0.3 is 0 Å². The predicted molar refractivity (Wildman–Crippen MR) is 78.7 cm³/mol. The molecular formula is C14H21N3O3. The Morgan fingerprint density at radius 3 is 2.35 bits per heavy atom. The fraction of sp³-hybridized carbons (Fsp3) is 0.429. The minimum Gasteiger partial charge on any atom is -0.383 e. The van der Waals surface area contributed by atoms with Crippen molar-refractivity contribution in [1.82, 2.24) is 5.32 Å². The lowest BCUT2D eigenvalue weighted by molar-refractivity contribution is -0.119. The molecule has 0 fully saturated rings. The average Bonchev–Trinajstić information content (AvgIpc) is 2.46. The van der Waals surface area contributed by atoms with E-state index >= 15 is 0 Å². The molecule has 0 aliphatic heterocycles. The van der Waals surface area contributed by atoms with Crippen LogP contribution in [0.4, 0.5) is 11.4 Å². The molecule has 3 N–H and O–H groups in total. The Labute approximate surface area is 118 Å². The number of anilines is 2. The number of amides is 2. The van der Waals surface area contributed by atoms with Crippen molar-refractivity contribution in [3.8, 4) is 0 Å². The molecule has 6 nitrogen and oxygen atoms in total. The smallest absolute Gasteiger partial charge is 0.239 e. The van der Waals surface area contributed by atoms with E-state index in [2.05, 4.69) is 16.0 Å². The van der Waals surface area contributed by atoms with Gasteiger partial charge in [-0.05, 0) is 24.3 Å². The van der Waals surface area contributed by atoms with Gasteiger partial charge in [-0.3, -0.25) is 9.59 Å². The van der Waals surface area contributed by atoms with Crippen LogP contribution in [0.1, 0.15) is 13.3 Å². The second-order valence-corrected chi connectivity index (χ2v) is 4.18. The summed E-state index contributed by atoms with van der Waals surface area (Å²) < 4.78 is 4.84. The number of hydrogen-bond donors (Lipinski definition) is 3. The molecule has 0 aliphatic carbocycles. The Morgan fingerprint density at radius 1 is 1.10 bits per heavy atom. The fourth-order valence-corrected chi connectivity index (χ4v) is 1.46. The molecular weight excluding hydrogens is 258 g/mol. The summed E-state index contributed by atoms with van der Waals surface area (Å²) in [6, 6.07) is 7.21. The van der Waals surface area contributed by atoms with Gasteiger partial charge in [0.2, 0.25) is 11.8 Å². The summed E-state index contributed by atoms with van der Waals surface area (Å²) in [7, 11) is 1.59. The largest absolute Gasteiger partial charge is 0.383 e. The third-order valence-corrected chi connectivity index (χ3v) is 2.57. The quantitative estimate of drug-likeness (QED) is 0.625. The van der Waals surface area contributed by atoms with Gasteiger partial charge < -0.3 is 20.7 Å². The molecule has 1 rings (SSSR count). The van der Waals surface area contributed by atoms with Crippen molar-refractivity contribution in [2.75, 3.05) is 37.4 Å². The molecule has 20 heavy (non-hydrogen) atoms.